The van der Waals surface area contributed by atoms with Gasteiger partial charge in [-0.3, -0.25) is 4.79 Å². The minimum Gasteiger partial charge on any atom is -0.349 e. The molecule has 1 amide bonds. The molecule has 0 unspecified atom stereocenters. The maximum absolute atomic E-state index is 12.2. The smallest absolute Gasteiger partial charge is 0.252 e. The summed E-state index contributed by atoms with van der Waals surface area (Å²) in [4.78, 5) is 16.7. The Bertz CT molecular complexity index is 608. The zero-order valence-corrected chi connectivity index (χ0v) is 11.0. The Labute approximate surface area is 110 Å². The molecule has 3 nitrogen and oxygen atoms in total. The second kappa shape index (κ2) is 4.61. The van der Waals surface area contributed by atoms with Gasteiger partial charge in [0.2, 0.25) is 0 Å². The Balaban J connectivity index is 2.09. The van der Waals surface area contributed by atoms with E-state index >= 15 is 0 Å². The lowest BCUT2D eigenvalue weighted by molar-refractivity contribution is 0.0952. The fourth-order valence-electron chi connectivity index (χ4n) is 1.93. The summed E-state index contributed by atoms with van der Waals surface area (Å²) in [5, 5.41) is 4.85. The van der Waals surface area contributed by atoms with Crippen molar-refractivity contribution in [2.75, 3.05) is 6.26 Å². The van der Waals surface area contributed by atoms with Crippen LogP contribution in [0.25, 0.3) is 10.9 Å². The standard InChI is InChI=1S/C14H14N2OS/c1-18-13-8-11(14(17)15-9-6-7-9)10-4-2-3-5-12(10)16-13/h2-5,8-9H,6-7H2,1H3,(H,15,17). The number of para-hydroxylation sites is 1. The average Bonchev–Trinajstić information content (AvgIpc) is 3.21. The van der Waals surface area contributed by atoms with Crippen LogP contribution in [-0.2, 0) is 0 Å². The Morgan fingerprint density at radius 1 is 1.39 bits per heavy atom. The number of aromatic nitrogens is 1. The molecule has 1 aliphatic carbocycles. The quantitative estimate of drug-likeness (QED) is 0.861. The summed E-state index contributed by atoms with van der Waals surface area (Å²) in [7, 11) is 0. The largest absolute Gasteiger partial charge is 0.349 e. The van der Waals surface area contributed by atoms with E-state index in [2.05, 4.69) is 10.3 Å². The molecule has 1 saturated carbocycles. The first-order valence-corrected chi connectivity index (χ1v) is 7.25. The van der Waals surface area contributed by atoms with E-state index in [4.69, 9.17) is 0 Å². The molecule has 0 atom stereocenters. The van der Waals surface area contributed by atoms with Gasteiger partial charge in [-0.15, -0.1) is 11.8 Å². The van der Waals surface area contributed by atoms with Crippen LogP contribution in [0.5, 0.6) is 0 Å². The predicted molar refractivity (Wildman–Crippen MR) is 74.0 cm³/mol. The summed E-state index contributed by atoms with van der Waals surface area (Å²) in [6, 6.07) is 10.0. The zero-order chi connectivity index (χ0) is 12.5. The fourth-order valence-corrected chi connectivity index (χ4v) is 2.36. The van der Waals surface area contributed by atoms with Crippen molar-refractivity contribution in [3.05, 3.63) is 35.9 Å². The molecule has 1 fully saturated rings. The van der Waals surface area contributed by atoms with Crippen molar-refractivity contribution in [3.8, 4) is 0 Å². The van der Waals surface area contributed by atoms with Gasteiger partial charge < -0.3 is 5.32 Å². The lowest BCUT2D eigenvalue weighted by Gasteiger charge is -2.08. The topological polar surface area (TPSA) is 42.0 Å². The maximum atomic E-state index is 12.2. The first-order valence-electron chi connectivity index (χ1n) is 6.02. The van der Waals surface area contributed by atoms with E-state index in [1.165, 1.54) is 0 Å². The van der Waals surface area contributed by atoms with Gasteiger partial charge in [-0.1, -0.05) is 18.2 Å². The highest BCUT2D eigenvalue weighted by atomic mass is 32.2. The molecule has 0 bridgehead atoms. The number of hydrogen-bond donors (Lipinski definition) is 1. The van der Waals surface area contributed by atoms with Crippen molar-refractivity contribution in [2.45, 2.75) is 23.9 Å². The molecule has 92 valence electrons. The van der Waals surface area contributed by atoms with E-state index in [-0.39, 0.29) is 5.91 Å². The van der Waals surface area contributed by atoms with Crippen LogP contribution in [0.4, 0.5) is 0 Å². The molecule has 18 heavy (non-hydrogen) atoms. The van der Waals surface area contributed by atoms with Crippen molar-refractivity contribution >= 4 is 28.6 Å². The van der Waals surface area contributed by atoms with E-state index in [1.54, 1.807) is 11.8 Å². The first-order chi connectivity index (χ1) is 8.78. The van der Waals surface area contributed by atoms with Gasteiger partial charge in [0.15, 0.2) is 0 Å². The number of nitrogens with one attached hydrogen (secondary N) is 1. The number of benzene rings is 1. The summed E-state index contributed by atoms with van der Waals surface area (Å²) in [6.45, 7) is 0. The Hall–Kier alpha value is -1.55. The summed E-state index contributed by atoms with van der Waals surface area (Å²) < 4.78 is 0. The number of rotatable bonds is 3. The van der Waals surface area contributed by atoms with Crippen LogP contribution >= 0.6 is 11.8 Å². The molecule has 4 heteroatoms. The molecule has 2 aromatic rings. The molecule has 1 N–H and O–H groups in total. The van der Waals surface area contributed by atoms with Crippen molar-refractivity contribution < 1.29 is 4.79 Å². The number of carbonyl (C=O) groups excluding carboxylic acids is 1. The van der Waals surface area contributed by atoms with Crippen molar-refractivity contribution in [3.63, 3.8) is 0 Å². The summed E-state index contributed by atoms with van der Waals surface area (Å²) in [6.07, 6.45) is 4.17. The minimum atomic E-state index is 0.0198. The monoisotopic (exact) mass is 258 g/mol. The van der Waals surface area contributed by atoms with Crippen LogP contribution in [0.1, 0.15) is 23.2 Å². The van der Waals surface area contributed by atoms with E-state index in [0.717, 1.165) is 34.3 Å². The van der Waals surface area contributed by atoms with E-state index in [1.807, 2.05) is 36.6 Å². The molecular formula is C14H14N2OS. The first kappa shape index (κ1) is 11.5. The molecule has 0 radical (unpaired) electrons. The van der Waals surface area contributed by atoms with Crippen LogP contribution < -0.4 is 5.32 Å². The number of fused-ring (bicyclic) bond motifs is 1. The summed E-state index contributed by atoms with van der Waals surface area (Å²) in [5.74, 6) is 0.0198. The molecule has 0 spiro atoms. The third-order valence-electron chi connectivity index (χ3n) is 3.06. The van der Waals surface area contributed by atoms with E-state index < -0.39 is 0 Å². The zero-order valence-electron chi connectivity index (χ0n) is 10.1. The Morgan fingerprint density at radius 2 is 2.17 bits per heavy atom. The number of nitrogens with zero attached hydrogens (tertiary/aromatic N) is 1. The van der Waals surface area contributed by atoms with Crippen molar-refractivity contribution in [1.82, 2.24) is 10.3 Å². The van der Waals surface area contributed by atoms with Crippen LogP contribution in [0.15, 0.2) is 35.4 Å². The molecule has 1 aromatic heterocycles. The van der Waals surface area contributed by atoms with Gasteiger partial charge in [0.25, 0.3) is 5.91 Å². The molecule has 1 heterocycles. The number of pyridine rings is 1. The second-order valence-corrected chi connectivity index (χ2v) is 5.30. The third-order valence-corrected chi connectivity index (χ3v) is 3.69. The molecule has 3 rings (SSSR count). The highest BCUT2D eigenvalue weighted by molar-refractivity contribution is 7.98. The van der Waals surface area contributed by atoms with Gasteiger partial charge in [0.1, 0.15) is 0 Å². The highest BCUT2D eigenvalue weighted by Gasteiger charge is 2.24. The van der Waals surface area contributed by atoms with E-state index in [0.29, 0.717) is 6.04 Å². The van der Waals surface area contributed by atoms with Gasteiger partial charge in [-0.2, -0.15) is 0 Å². The van der Waals surface area contributed by atoms with Gasteiger partial charge in [-0.25, -0.2) is 4.98 Å². The fraction of sp³-hybridized carbons (Fsp3) is 0.286. The Kier molecular flexibility index (Phi) is 2.96. The number of amides is 1. The molecule has 0 saturated heterocycles. The lowest BCUT2D eigenvalue weighted by atomic mass is 10.1. The second-order valence-electron chi connectivity index (χ2n) is 4.48. The van der Waals surface area contributed by atoms with Crippen LogP contribution in [-0.4, -0.2) is 23.2 Å². The third kappa shape index (κ3) is 2.20. The summed E-state index contributed by atoms with van der Waals surface area (Å²) >= 11 is 1.56. The molecule has 0 aliphatic heterocycles. The van der Waals surface area contributed by atoms with Gasteiger partial charge >= 0.3 is 0 Å². The van der Waals surface area contributed by atoms with Crippen LogP contribution in [0, 0.1) is 0 Å². The van der Waals surface area contributed by atoms with Crippen LogP contribution in [0.3, 0.4) is 0 Å². The van der Waals surface area contributed by atoms with Crippen LogP contribution in [0.2, 0.25) is 0 Å². The molecule has 1 aromatic carbocycles. The van der Waals surface area contributed by atoms with Crippen molar-refractivity contribution in [2.24, 2.45) is 0 Å². The highest BCUT2D eigenvalue weighted by Crippen LogP contribution is 2.24. The lowest BCUT2D eigenvalue weighted by Crippen LogP contribution is -2.25. The molecular weight excluding hydrogens is 244 g/mol. The van der Waals surface area contributed by atoms with E-state index in [9.17, 15) is 4.79 Å². The van der Waals surface area contributed by atoms with Crippen molar-refractivity contribution in [1.29, 1.82) is 0 Å². The Morgan fingerprint density at radius 3 is 2.89 bits per heavy atom. The summed E-state index contributed by atoms with van der Waals surface area (Å²) in [5.41, 5.74) is 1.61. The minimum absolute atomic E-state index is 0.0198. The number of thioether (sulfide) groups is 1. The number of hydrogen-bond acceptors (Lipinski definition) is 3. The normalized spacial score (nSPS) is 14.7. The predicted octanol–water partition coefficient (Wildman–Crippen LogP) is 2.85. The SMILES string of the molecule is CSc1cc(C(=O)NC2CC2)c2ccccc2n1. The van der Waals surface area contributed by atoms with Gasteiger partial charge in [-0.05, 0) is 31.2 Å². The van der Waals surface area contributed by atoms with Gasteiger partial charge in [0, 0.05) is 11.4 Å². The maximum Gasteiger partial charge on any atom is 0.252 e. The molecule has 1 aliphatic rings. The van der Waals surface area contributed by atoms with Gasteiger partial charge in [0.05, 0.1) is 16.1 Å². The number of carbonyl (C=O) groups is 1. The average molecular weight is 258 g/mol.